The Morgan fingerprint density at radius 3 is 2.86 bits per heavy atom. The third-order valence-corrected chi connectivity index (χ3v) is 3.08. The number of ether oxygens (including phenoxy) is 1. The summed E-state index contributed by atoms with van der Waals surface area (Å²) in [6.07, 6.45) is -0.552. The molecular weight excluding hydrogens is 270 g/mol. The molecule has 2 amide bonds. The zero-order valence-electron chi connectivity index (χ0n) is 12.9. The first kappa shape index (κ1) is 17.4. The molecule has 1 atom stereocenters. The van der Waals surface area contributed by atoms with Crippen molar-refractivity contribution in [3.8, 4) is 0 Å². The van der Waals surface area contributed by atoms with Gasteiger partial charge in [-0.3, -0.25) is 0 Å². The molecule has 0 aromatic heterocycles. The highest BCUT2D eigenvalue weighted by atomic mass is 16.5. The maximum atomic E-state index is 11.8. The molecule has 0 spiro atoms. The Labute approximate surface area is 126 Å². The van der Waals surface area contributed by atoms with Crippen molar-refractivity contribution in [3.63, 3.8) is 0 Å². The first-order chi connectivity index (χ1) is 10.0. The number of rotatable bonds is 8. The number of methoxy groups -OCH3 is 1. The molecule has 21 heavy (non-hydrogen) atoms. The lowest BCUT2D eigenvalue weighted by atomic mass is 10.1. The number of aliphatic hydroxyl groups is 1. The predicted octanol–water partition coefficient (Wildman–Crippen LogP) is 1.44. The Balaban J connectivity index is 2.32. The van der Waals surface area contributed by atoms with Gasteiger partial charge in [0.05, 0.1) is 12.7 Å². The average molecular weight is 295 g/mol. The van der Waals surface area contributed by atoms with Crippen molar-refractivity contribution >= 4 is 11.7 Å². The van der Waals surface area contributed by atoms with E-state index in [1.54, 1.807) is 32.2 Å². The molecule has 0 aliphatic carbocycles. The van der Waals surface area contributed by atoms with Crippen LogP contribution in [0.3, 0.4) is 0 Å². The van der Waals surface area contributed by atoms with E-state index in [0.29, 0.717) is 18.8 Å². The summed E-state index contributed by atoms with van der Waals surface area (Å²) in [6, 6.07) is 6.91. The van der Waals surface area contributed by atoms with Crippen LogP contribution in [0, 0.1) is 0 Å². The molecule has 1 aromatic carbocycles. The lowest BCUT2D eigenvalue weighted by Crippen LogP contribution is -2.36. The van der Waals surface area contributed by atoms with Crippen molar-refractivity contribution in [1.29, 1.82) is 0 Å². The number of nitrogens with one attached hydrogen (secondary N) is 2. The standard InChI is InChI=1S/C15H25N3O3/c1-12(19)13-5-4-6-14(11-13)17-15(20)16-7-8-18(2)9-10-21-3/h4-6,11-12,19H,7-10H2,1-3H3,(H2,16,17,20). The van der Waals surface area contributed by atoms with E-state index in [1.807, 2.05) is 13.1 Å². The number of urea groups is 1. The van der Waals surface area contributed by atoms with Gasteiger partial charge in [0.25, 0.3) is 0 Å². The lowest BCUT2D eigenvalue weighted by molar-refractivity contribution is 0.161. The molecule has 6 nitrogen and oxygen atoms in total. The summed E-state index contributed by atoms with van der Waals surface area (Å²) in [5.41, 5.74) is 1.44. The SMILES string of the molecule is COCCN(C)CCNC(=O)Nc1cccc(C(C)O)c1. The van der Waals surface area contributed by atoms with Crippen LogP contribution in [0.4, 0.5) is 10.5 Å². The van der Waals surface area contributed by atoms with Crippen LogP contribution >= 0.6 is 0 Å². The molecule has 0 saturated carbocycles. The molecule has 0 aliphatic rings. The molecule has 3 N–H and O–H groups in total. The van der Waals surface area contributed by atoms with E-state index in [9.17, 15) is 9.90 Å². The van der Waals surface area contributed by atoms with Crippen LogP contribution in [0.5, 0.6) is 0 Å². The van der Waals surface area contributed by atoms with Crippen molar-refractivity contribution in [2.45, 2.75) is 13.0 Å². The van der Waals surface area contributed by atoms with Gasteiger partial charge >= 0.3 is 6.03 Å². The summed E-state index contributed by atoms with van der Waals surface area (Å²) in [5, 5.41) is 15.1. The summed E-state index contributed by atoms with van der Waals surface area (Å²) in [6.45, 7) is 4.51. The van der Waals surface area contributed by atoms with Crippen LogP contribution in [0.15, 0.2) is 24.3 Å². The van der Waals surface area contributed by atoms with Crippen LogP contribution in [0.1, 0.15) is 18.6 Å². The number of hydrogen-bond acceptors (Lipinski definition) is 4. The van der Waals surface area contributed by atoms with E-state index in [4.69, 9.17) is 4.74 Å². The van der Waals surface area contributed by atoms with Crippen LogP contribution < -0.4 is 10.6 Å². The van der Waals surface area contributed by atoms with E-state index in [1.165, 1.54) is 0 Å². The number of carbonyl (C=O) groups excluding carboxylic acids is 1. The third kappa shape index (κ3) is 7.08. The van der Waals surface area contributed by atoms with Crippen LogP contribution in [-0.2, 0) is 4.74 Å². The minimum atomic E-state index is -0.552. The van der Waals surface area contributed by atoms with Crippen LogP contribution in [0.2, 0.25) is 0 Å². The summed E-state index contributed by atoms with van der Waals surface area (Å²) in [4.78, 5) is 13.8. The molecule has 6 heteroatoms. The number of nitrogens with zero attached hydrogens (tertiary/aromatic N) is 1. The molecule has 1 rings (SSSR count). The normalized spacial score (nSPS) is 12.2. The predicted molar refractivity (Wildman–Crippen MR) is 83.5 cm³/mol. The summed E-state index contributed by atoms with van der Waals surface area (Å²) in [5.74, 6) is 0. The Morgan fingerprint density at radius 1 is 1.43 bits per heavy atom. The van der Waals surface area contributed by atoms with E-state index in [0.717, 1.165) is 18.7 Å². The first-order valence-corrected chi connectivity index (χ1v) is 7.03. The number of aliphatic hydroxyl groups excluding tert-OH is 1. The van der Waals surface area contributed by atoms with Crippen molar-refractivity contribution < 1.29 is 14.6 Å². The van der Waals surface area contributed by atoms with Crippen LogP contribution in [0.25, 0.3) is 0 Å². The number of amides is 2. The largest absolute Gasteiger partial charge is 0.389 e. The Bertz CT molecular complexity index is 438. The maximum absolute atomic E-state index is 11.8. The minimum Gasteiger partial charge on any atom is -0.389 e. The number of hydrogen-bond donors (Lipinski definition) is 3. The molecular formula is C15H25N3O3. The topological polar surface area (TPSA) is 73.8 Å². The lowest BCUT2D eigenvalue weighted by Gasteiger charge is -2.16. The minimum absolute atomic E-state index is 0.252. The average Bonchev–Trinajstić information content (AvgIpc) is 2.45. The van der Waals surface area contributed by atoms with Gasteiger partial charge in [-0.1, -0.05) is 12.1 Å². The fourth-order valence-electron chi connectivity index (χ4n) is 1.77. The Hall–Kier alpha value is -1.63. The van der Waals surface area contributed by atoms with Crippen LogP contribution in [-0.4, -0.2) is 56.4 Å². The summed E-state index contributed by atoms with van der Waals surface area (Å²) < 4.78 is 4.99. The molecule has 118 valence electrons. The molecule has 0 aliphatic heterocycles. The number of benzene rings is 1. The summed E-state index contributed by atoms with van der Waals surface area (Å²) >= 11 is 0. The van der Waals surface area contributed by atoms with Gasteiger partial charge < -0.3 is 25.4 Å². The molecule has 0 radical (unpaired) electrons. The zero-order chi connectivity index (χ0) is 15.7. The smallest absolute Gasteiger partial charge is 0.319 e. The second kappa shape index (κ2) is 9.33. The molecule has 0 fully saturated rings. The molecule has 0 bridgehead atoms. The van der Waals surface area contributed by atoms with E-state index in [2.05, 4.69) is 15.5 Å². The van der Waals surface area contributed by atoms with Crippen molar-refractivity contribution in [2.75, 3.05) is 45.7 Å². The molecule has 0 heterocycles. The fourth-order valence-corrected chi connectivity index (χ4v) is 1.77. The third-order valence-electron chi connectivity index (χ3n) is 3.08. The monoisotopic (exact) mass is 295 g/mol. The number of carbonyl (C=O) groups is 1. The van der Waals surface area contributed by atoms with Gasteiger partial charge in [0.1, 0.15) is 0 Å². The van der Waals surface area contributed by atoms with Crippen molar-refractivity contribution in [1.82, 2.24) is 10.2 Å². The van der Waals surface area contributed by atoms with Gasteiger partial charge in [0.15, 0.2) is 0 Å². The summed E-state index contributed by atoms with van der Waals surface area (Å²) in [7, 11) is 3.64. The van der Waals surface area contributed by atoms with Gasteiger partial charge in [-0.2, -0.15) is 0 Å². The highest BCUT2D eigenvalue weighted by Crippen LogP contribution is 2.16. The van der Waals surface area contributed by atoms with Crippen molar-refractivity contribution in [3.05, 3.63) is 29.8 Å². The first-order valence-electron chi connectivity index (χ1n) is 7.03. The van der Waals surface area contributed by atoms with Gasteiger partial charge in [-0.25, -0.2) is 4.79 Å². The second-order valence-corrected chi connectivity index (χ2v) is 4.98. The zero-order valence-corrected chi connectivity index (χ0v) is 12.9. The van der Waals surface area contributed by atoms with Crippen molar-refractivity contribution in [2.24, 2.45) is 0 Å². The second-order valence-electron chi connectivity index (χ2n) is 4.98. The van der Waals surface area contributed by atoms with Gasteiger partial charge in [0, 0.05) is 32.4 Å². The van der Waals surface area contributed by atoms with Gasteiger partial charge in [-0.05, 0) is 31.7 Å². The Morgan fingerprint density at radius 2 is 2.19 bits per heavy atom. The van der Waals surface area contributed by atoms with E-state index in [-0.39, 0.29) is 6.03 Å². The molecule has 1 aromatic rings. The van der Waals surface area contributed by atoms with Gasteiger partial charge in [0.2, 0.25) is 0 Å². The highest BCUT2D eigenvalue weighted by Gasteiger charge is 2.05. The number of likely N-dealkylation sites (N-methyl/N-ethyl adjacent to an activating group) is 1. The Kier molecular flexibility index (Phi) is 7.74. The number of anilines is 1. The van der Waals surface area contributed by atoms with E-state index >= 15 is 0 Å². The quantitative estimate of drug-likeness (QED) is 0.678. The fraction of sp³-hybridized carbons (Fsp3) is 0.533. The highest BCUT2D eigenvalue weighted by molar-refractivity contribution is 5.89. The van der Waals surface area contributed by atoms with E-state index < -0.39 is 6.10 Å². The molecule has 0 saturated heterocycles. The molecule has 1 unspecified atom stereocenters. The maximum Gasteiger partial charge on any atom is 0.319 e. The van der Waals surface area contributed by atoms with Gasteiger partial charge in [-0.15, -0.1) is 0 Å².